The zero-order chi connectivity index (χ0) is 19.9. The Kier molecular flexibility index (Phi) is 7.24. The summed E-state index contributed by atoms with van der Waals surface area (Å²) < 4.78 is 55.8. The van der Waals surface area contributed by atoms with E-state index in [9.17, 15) is 18.0 Å². The van der Waals surface area contributed by atoms with Gasteiger partial charge >= 0.3 is 12.1 Å². The third-order valence-electron chi connectivity index (χ3n) is 3.87. The van der Waals surface area contributed by atoms with E-state index in [0.29, 0.717) is 0 Å². The highest BCUT2D eigenvalue weighted by atomic mass is 19.4. The minimum atomic E-state index is -4.59. The molecule has 146 valence electrons. The highest BCUT2D eigenvalue weighted by molar-refractivity contribution is 5.75. The number of alkyl halides is 3. The molecule has 0 aliphatic heterocycles. The number of esters is 1. The highest BCUT2D eigenvalue weighted by Crippen LogP contribution is 2.35. The van der Waals surface area contributed by atoms with Crippen LogP contribution in [-0.2, 0) is 33.5 Å². The molecule has 4 nitrogen and oxygen atoms in total. The van der Waals surface area contributed by atoms with Crippen molar-refractivity contribution < 1.29 is 32.2 Å². The van der Waals surface area contributed by atoms with Crippen LogP contribution in [-0.4, -0.2) is 25.8 Å². The van der Waals surface area contributed by atoms with Crippen LogP contribution in [0.3, 0.4) is 0 Å². The van der Waals surface area contributed by atoms with Crippen molar-refractivity contribution in [2.45, 2.75) is 32.2 Å². The molecule has 0 unspecified atom stereocenters. The number of benzene rings is 2. The minimum absolute atomic E-state index is 0.0570. The van der Waals surface area contributed by atoms with Gasteiger partial charge in [-0.2, -0.15) is 13.2 Å². The molecule has 0 saturated heterocycles. The predicted octanol–water partition coefficient (Wildman–Crippen LogP) is 4.41. The normalized spacial score (nSPS) is 12.5. The number of carbonyl (C=O) groups is 1. The molecule has 0 saturated carbocycles. The SMILES string of the molecule is CCO[C@@H](Cc1ccc(OCc2ccccc2)cc1C(F)(F)F)C(=O)OC. The monoisotopic (exact) mass is 382 g/mol. The standard InChI is InChI=1S/C20H21F3O4/c1-3-26-18(19(24)25-2)11-15-9-10-16(12-17(15)20(21,22)23)27-13-14-7-5-4-6-8-14/h4-10,12,18H,3,11,13H2,1-2H3/t18-/m0/s1. The minimum Gasteiger partial charge on any atom is -0.489 e. The van der Waals surface area contributed by atoms with Gasteiger partial charge in [0.25, 0.3) is 0 Å². The summed E-state index contributed by atoms with van der Waals surface area (Å²) in [5.74, 6) is -0.615. The summed E-state index contributed by atoms with van der Waals surface area (Å²) >= 11 is 0. The summed E-state index contributed by atoms with van der Waals surface area (Å²) in [7, 11) is 1.17. The number of ether oxygens (including phenoxy) is 3. The van der Waals surface area contributed by atoms with Crippen LogP contribution in [0.1, 0.15) is 23.6 Å². The molecule has 0 aliphatic rings. The maximum atomic E-state index is 13.5. The summed E-state index contributed by atoms with van der Waals surface area (Å²) in [6.07, 6.45) is -5.93. The molecule has 2 aromatic rings. The van der Waals surface area contributed by atoms with Gasteiger partial charge < -0.3 is 14.2 Å². The second kappa shape index (κ2) is 9.41. The average Bonchev–Trinajstić information content (AvgIpc) is 2.66. The molecule has 0 radical (unpaired) electrons. The molecule has 0 amide bonds. The maximum absolute atomic E-state index is 13.5. The summed E-state index contributed by atoms with van der Waals surface area (Å²) in [5, 5.41) is 0. The summed E-state index contributed by atoms with van der Waals surface area (Å²) in [4.78, 5) is 11.7. The first-order valence-electron chi connectivity index (χ1n) is 8.41. The largest absolute Gasteiger partial charge is 0.489 e. The van der Waals surface area contributed by atoms with Gasteiger partial charge in [-0.3, -0.25) is 0 Å². The Morgan fingerprint density at radius 1 is 1.11 bits per heavy atom. The molecule has 7 heteroatoms. The Morgan fingerprint density at radius 3 is 2.41 bits per heavy atom. The number of hydrogen-bond donors (Lipinski definition) is 0. The third kappa shape index (κ3) is 5.99. The second-order valence-corrected chi connectivity index (χ2v) is 5.76. The van der Waals surface area contributed by atoms with E-state index in [1.54, 1.807) is 6.92 Å². The van der Waals surface area contributed by atoms with Crippen molar-refractivity contribution in [3.63, 3.8) is 0 Å². The van der Waals surface area contributed by atoms with Crippen molar-refractivity contribution in [1.29, 1.82) is 0 Å². The van der Waals surface area contributed by atoms with E-state index in [0.717, 1.165) is 11.6 Å². The van der Waals surface area contributed by atoms with Crippen molar-refractivity contribution in [3.8, 4) is 5.75 Å². The quantitative estimate of drug-likeness (QED) is 0.635. The van der Waals surface area contributed by atoms with Crippen LogP contribution in [0.4, 0.5) is 13.2 Å². The summed E-state index contributed by atoms with van der Waals surface area (Å²) in [6.45, 7) is 1.99. The lowest BCUT2D eigenvalue weighted by Crippen LogP contribution is -2.29. The van der Waals surface area contributed by atoms with Gasteiger partial charge in [-0.15, -0.1) is 0 Å². The Balaban J connectivity index is 2.23. The molecule has 2 rings (SSSR count). The number of rotatable bonds is 8. The predicted molar refractivity (Wildman–Crippen MR) is 93.4 cm³/mol. The van der Waals surface area contributed by atoms with Crippen LogP contribution in [0.5, 0.6) is 5.75 Å². The van der Waals surface area contributed by atoms with Gasteiger partial charge in [0.2, 0.25) is 0 Å². The highest BCUT2D eigenvalue weighted by Gasteiger charge is 2.35. The molecule has 0 aromatic heterocycles. The van der Waals surface area contributed by atoms with E-state index in [2.05, 4.69) is 4.74 Å². The second-order valence-electron chi connectivity index (χ2n) is 5.76. The lowest BCUT2D eigenvalue weighted by molar-refractivity contribution is -0.154. The van der Waals surface area contributed by atoms with Crippen molar-refractivity contribution in [3.05, 3.63) is 65.2 Å². The molecular weight excluding hydrogens is 361 g/mol. The molecule has 0 heterocycles. The molecular formula is C20H21F3O4. The van der Waals surface area contributed by atoms with E-state index < -0.39 is 23.8 Å². The van der Waals surface area contributed by atoms with Crippen molar-refractivity contribution in [2.24, 2.45) is 0 Å². The van der Waals surface area contributed by atoms with Crippen molar-refractivity contribution >= 4 is 5.97 Å². The summed E-state index contributed by atoms with van der Waals surface area (Å²) in [5.41, 5.74) is -0.0719. The molecule has 0 fully saturated rings. The lowest BCUT2D eigenvalue weighted by atomic mass is 10.0. The average molecular weight is 382 g/mol. The van der Waals surface area contributed by atoms with Gasteiger partial charge in [-0.1, -0.05) is 36.4 Å². The lowest BCUT2D eigenvalue weighted by Gasteiger charge is -2.19. The van der Waals surface area contributed by atoms with Gasteiger partial charge in [0, 0.05) is 13.0 Å². The topological polar surface area (TPSA) is 44.8 Å². The Labute approximate surface area is 155 Å². The first kappa shape index (κ1) is 20.8. The van der Waals surface area contributed by atoms with Gasteiger partial charge in [0.1, 0.15) is 12.4 Å². The fourth-order valence-electron chi connectivity index (χ4n) is 2.57. The number of methoxy groups -OCH3 is 1. The molecule has 1 atom stereocenters. The molecule has 0 bridgehead atoms. The van der Waals surface area contributed by atoms with Crippen LogP contribution >= 0.6 is 0 Å². The zero-order valence-electron chi connectivity index (χ0n) is 15.1. The van der Waals surface area contributed by atoms with Crippen LogP contribution in [0.25, 0.3) is 0 Å². The number of halogens is 3. The van der Waals surface area contributed by atoms with Gasteiger partial charge in [0.05, 0.1) is 12.7 Å². The first-order valence-corrected chi connectivity index (χ1v) is 8.41. The fourth-order valence-corrected chi connectivity index (χ4v) is 2.57. The van der Waals surface area contributed by atoms with Crippen molar-refractivity contribution in [2.75, 3.05) is 13.7 Å². The number of hydrogen-bond acceptors (Lipinski definition) is 4. The molecule has 0 aliphatic carbocycles. The van der Waals surface area contributed by atoms with E-state index >= 15 is 0 Å². The van der Waals surface area contributed by atoms with Crippen LogP contribution < -0.4 is 4.74 Å². The fraction of sp³-hybridized carbons (Fsp3) is 0.350. The van der Waals surface area contributed by atoms with E-state index in [1.807, 2.05) is 30.3 Å². The molecule has 0 spiro atoms. The maximum Gasteiger partial charge on any atom is 0.416 e. The van der Waals surface area contributed by atoms with Crippen LogP contribution in [0, 0.1) is 0 Å². The van der Waals surface area contributed by atoms with Crippen LogP contribution in [0.2, 0.25) is 0 Å². The van der Waals surface area contributed by atoms with Crippen molar-refractivity contribution in [1.82, 2.24) is 0 Å². The van der Waals surface area contributed by atoms with Gasteiger partial charge in [-0.05, 0) is 30.2 Å². The smallest absolute Gasteiger partial charge is 0.416 e. The molecule has 27 heavy (non-hydrogen) atoms. The third-order valence-corrected chi connectivity index (χ3v) is 3.87. The Morgan fingerprint density at radius 2 is 1.81 bits per heavy atom. The zero-order valence-corrected chi connectivity index (χ0v) is 15.1. The molecule has 2 aromatic carbocycles. The van der Waals surface area contributed by atoms with E-state index in [4.69, 9.17) is 9.47 Å². The van der Waals surface area contributed by atoms with Crippen LogP contribution in [0.15, 0.2) is 48.5 Å². The Hall–Kier alpha value is -2.54. The van der Waals surface area contributed by atoms with E-state index in [-0.39, 0.29) is 30.9 Å². The molecule has 0 N–H and O–H groups in total. The summed E-state index contributed by atoms with van der Waals surface area (Å²) in [6, 6.07) is 12.8. The van der Waals surface area contributed by atoms with Gasteiger partial charge in [-0.25, -0.2) is 4.79 Å². The van der Waals surface area contributed by atoms with Gasteiger partial charge in [0.15, 0.2) is 6.10 Å². The number of carbonyl (C=O) groups excluding carboxylic acids is 1. The Bertz CT molecular complexity index is 745. The first-order chi connectivity index (χ1) is 12.8. The van der Waals surface area contributed by atoms with E-state index in [1.165, 1.54) is 19.2 Å².